The number of hydrogen-bond donors (Lipinski definition) is 1. The Labute approximate surface area is 129 Å². The van der Waals surface area contributed by atoms with Crippen LogP contribution in [0.2, 0.25) is 0 Å². The summed E-state index contributed by atoms with van der Waals surface area (Å²) in [6, 6.07) is 7.32. The lowest BCUT2D eigenvalue weighted by Crippen LogP contribution is -2.34. The first-order valence-electron chi connectivity index (χ1n) is 6.43. The van der Waals surface area contributed by atoms with Gasteiger partial charge in [-0.2, -0.15) is 0 Å². The Morgan fingerprint density at radius 2 is 2.00 bits per heavy atom. The molecule has 21 heavy (non-hydrogen) atoms. The number of hydrogen-bond acceptors (Lipinski definition) is 3. The molecule has 1 aliphatic heterocycles. The Bertz CT molecular complexity index is 683. The van der Waals surface area contributed by atoms with Gasteiger partial charge in [0, 0.05) is 22.8 Å². The van der Waals surface area contributed by atoms with Crippen molar-refractivity contribution in [1.82, 2.24) is 5.32 Å². The number of ketones is 1. The summed E-state index contributed by atoms with van der Waals surface area (Å²) in [5.41, 5.74) is 2.52. The van der Waals surface area contributed by atoms with Crippen LogP contribution in [-0.4, -0.2) is 23.8 Å². The molecule has 0 radical (unpaired) electrons. The third-order valence-electron chi connectivity index (χ3n) is 3.48. The third kappa shape index (κ3) is 2.79. The fourth-order valence-corrected chi connectivity index (χ4v) is 2.83. The van der Waals surface area contributed by atoms with E-state index < -0.39 is 5.92 Å². The number of methoxy groups -OCH3 is 1. The van der Waals surface area contributed by atoms with Crippen LogP contribution >= 0.6 is 12.2 Å². The normalized spacial score (nSPS) is 18.1. The van der Waals surface area contributed by atoms with Crippen LogP contribution in [-0.2, 0) is 4.79 Å². The highest BCUT2D eigenvalue weighted by atomic mass is 32.1. The van der Waals surface area contributed by atoms with E-state index in [9.17, 15) is 10.2 Å². The molecule has 108 valence electrons. The highest BCUT2D eigenvalue weighted by molar-refractivity contribution is 7.80. The van der Waals surface area contributed by atoms with E-state index in [0.29, 0.717) is 21.8 Å². The lowest BCUT2D eigenvalue weighted by molar-refractivity contribution is -0.113. The van der Waals surface area contributed by atoms with Crippen molar-refractivity contribution < 1.29 is 9.53 Å². The van der Waals surface area contributed by atoms with Crippen molar-refractivity contribution in [3.63, 3.8) is 0 Å². The van der Waals surface area contributed by atoms with Crippen LogP contribution in [0.4, 0.5) is 0 Å². The van der Waals surface area contributed by atoms with Crippen LogP contribution in [0.25, 0.3) is 5.41 Å². The van der Waals surface area contributed by atoms with E-state index in [1.807, 2.05) is 24.3 Å². The number of nitrogens with zero attached hydrogens (tertiary/aromatic N) is 1. The van der Waals surface area contributed by atoms with Gasteiger partial charge in [-0.15, -0.1) is 0 Å². The van der Waals surface area contributed by atoms with Gasteiger partial charge in [-0.05, 0) is 31.5 Å². The number of ether oxygens (including phenoxy) is 1. The van der Waals surface area contributed by atoms with Gasteiger partial charge in [0.15, 0.2) is 5.78 Å². The smallest absolute Gasteiger partial charge is 0.158 e. The van der Waals surface area contributed by atoms with Crippen LogP contribution in [0, 0.1) is 0 Å². The Hall–Kier alpha value is -2.23. The zero-order chi connectivity index (χ0) is 15.6. The van der Waals surface area contributed by atoms with E-state index in [0.717, 1.165) is 11.3 Å². The van der Waals surface area contributed by atoms with Gasteiger partial charge >= 0.3 is 0 Å². The van der Waals surface area contributed by atoms with E-state index in [2.05, 4.69) is 11.2 Å². The first kappa shape index (κ1) is 15.2. The van der Waals surface area contributed by atoms with Gasteiger partial charge in [0.25, 0.3) is 0 Å². The van der Waals surface area contributed by atoms with Gasteiger partial charge in [-0.3, -0.25) is 10.7 Å². The molecule has 1 aliphatic rings. The molecule has 0 amide bonds. The van der Waals surface area contributed by atoms with Gasteiger partial charge in [0.1, 0.15) is 10.7 Å². The molecule has 0 aromatic heterocycles. The molecule has 0 bridgehead atoms. The van der Waals surface area contributed by atoms with Crippen LogP contribution in [0.15, 0.2) is 41.1 Å². The minimum atomic E-state index is -0.424. The van der Waals surface area contributed by atoms with E-state index in [1.54, 1.807) is 14.0 Å². The number of thiocarbonyl (C=S) groups is 1. The fraction of sp³-hybridized carbons (Fsp3) is 0.250. The molecule has 1 unspecified atom stereocenters. The van der Waals surface area contributed by atoms with Crippen LogP contribution < -0.4 is 10.1 Å². The number of carbonyl (C=O) groups excluding carboxylic acids is 1. The third-order valence-corrected chi connectivity index (χ3v) is 3.80. The lowest BCUT2D eigenvalue weighted by atomic mass is 9.80. The quantitative estimate of drug-likeness (QED) is 0.529. The molecule has 1 N–H and O–H groups in total. The van der Waals surface area contributed by atoms with Crippen molar-refractivity contribution in [2.24, 2.45) is 0 Å². The highest BCUT2D eigenvalue weighted by Crippen LogP contribution is 2.36. The molecular weight excluding hydrogens is 284 g/mol. The van der Waals surface area contributed by atoms with E-state index in [-0.39, 0.29) is 5.78 Å². The number of rotatable bonds is 3. The van der Waals surface area contributed by atoms with E-state index in [4.69, 9.17) is 17.0 Å². The molecule has 1 heterocycles. The van der Waals surface area contributed by atoms with Crippen molar-refractivity contribution in [2.75, 3.05) is 7.11 Å². The second kappa shape index (κ2) is 6.04. The molecular formula is C16H15N2O2S-. The van der Waals surface area contributed by atoms with Gasteiger partial charge in [-0.1, -0.05) is 24.4 Å². The van der Waals surface area contributed by atoms with Crippen molar-refractivity contribution in [3.8, 4) is 5.75 Å². The summed E-state index contributed by atoms with van der Waals surface area (Å²) in [5.74, 6) is 2.36. The first-order chi connectivity index (χ1) is 9.99. The molecule has 1 aromatic carbocycles. The van der Waals surface area contributed by atoms with Crippen LogP contribution in [0.3, 0.4) is 0 Å². The Balaban J connectivity index is 2.62. The summed E-state index contributed by atoms with van der Waals surface area (Å²) in [6.07, 6.45) is 0. The number of nitrogens with one attached hydrogen (secondary N) is 1. The maximum Gasteiger partial charge on any atom is 0.158 e. The van der Waals surface area contributed by atoms with Crippen molar-refractivity contribution in [1.29, 1.82) is 0 Å². The monoisotopic (exact) mass is 299 g/mol. The highest BCUT2D eigenvalue weighted by Gasteiger charge is 2.31. The summed E-state index contributed by atoms with van der Waals surface area (Å²) in [7, 11) is 1.59. The predicted octanol–water partition coefficient (Wildman–Crippen LogP) is 2.74. The molecule has 1 aromatic rings. The van der Waals surface area contributed by atoms with E-state index >= 15 is 0 Å². The second-order valence-electron chi connectivity index (χ2n) is 4.78. The summed E-state index contributed by atoms with van der Waals surface area (Å²) < 4.78 is 5.14. The minimum absolute atomic E-state index is 0.0731. The van der Waals surface area contributed by atoms with Gasteiger partial charge < -0.3 is 15.5 Å². The average Bonchev–Trinajstić information content (AvgIpc) is 2.46. The van der Waals surface area contributed by atoms with Crippen LogP contribution in [0.1, 0.15) is 25.3 Å². The first-order valence-corrected chi connectivity index (χ1v) is 6.84. The van der Waals surface area contributed by atoms with Gasteiger partial charge in [-0.25, -0.2) is 0 Å². The lowest BCUT2D eigenvalue weighted by Gasteiger charge is -2.30. The standard InChI is InChI=1S/C16H15N2O2S/c1-9-14(10(2)19)15(13(8-17)16(21)18-9)11-4-6-12(20-3)7-5-11/h4-7,15H,1-3H3,(H,18,21)/q-1. The zero-order valence-corrected chi connectivity index (χ0v) is 12.9. The molecule has 2 rings (SSSR count). The number of allylic oxidation sites excluding steroid dienone is 2. The SMILES string of the molecule is COc1ccc(C2C(=C=[N-])C(=S)NC(C)=C2C(C)=O)cc1. The maximum absolute atomic E-state index is 12.0. The molecule has 0 spiro atoms. The predicted molar refractivity (Wildman–Crippen MR) is 86.7 cm³/mol. The minimum Gasteiger partial charge on any atom is -0.763 e. The molecule has 5 heteroatoms. The number of benzene rings is 1. The molecule has 1 atom stereocenters. The Morgan fingerprint density at radius 3 is 2.48 bits per heavy atom. The fourth-order valence-electron chi connectivity index (χ4n) is 2.51. The Morgan fingerprint density at radius 1 is 1.38 bits per heavy atom. The van der Waals surface area contributed by atoms with Gasteiger partial charge in [0.05, 0.1) is 7.11 Å². The number of Topliss-reactive ketones (excluding diaryl/α,β-unsaturated/α-hetero) is 1. The summed E-state index contributed by atoms with van der Waals surface area (Å²) in [4.78, 5) is 12.4. The van der Waals surface area contributed by atoms with Crippen molar-refractivity contribution >= 4 is 28.9 Å². The van der Waals surface area contributed by atoms with Crippen LogP contribution in [0.5, 0.6) is 5.75 Å². The van der Waals surface area contributed by atoms with E-state index in [1.165, 1.54) is 6.92 Å². The molecule has 0 saturated heterocycles. The molecule has 4 nitrogen and oxygen atoms in total. The summed E-state index contributed by atoms with van der Waals surface area (Å²) >= 11 is 5.23. The summed E-state index contributed by atoms with van der Waals surface area (Å²) in [5, 5.41) is 12.3. The molecule has 0 fully saturated rings. The van der Waals surface area contributed by atoms with Crippen molar-refractivity contribution in [2.45, 2.75) is 19.8 Å². The molecule has 0 aliphatic carbocycles. The number of carbonyl (C=O) groups is 1. The van der Waals surface area contributed by atoms with Gasteiger partial charge in [0.2, 0.25) is 0 Å². The molecule has 0 saturated carbocycles. The second-order valence-corrected chi connectivity index (χ2v) is 5.19. The topological polar surface area (TPSA) is 60.6 Å². The largest absolute Gasteiger partial charge is 0.763 e. The summed E-state index contributed by atoms with van der Waals surface area (Å²) in [6.45, 7) is 3.30. The van der Waals surface area contributed by atoms with Crippen molar-refractivity contribution in [3.05, 3.63) is 52.1 Å². The Kier molecular flexibility index (Phi) is 4.36. The average molecular weight is 299 g/mol. The zero-order valence-electron chi connectivity index (χ0n) is 12.1. The maximum atomic E-state index is 12.0.